The fourth-order valence-electron chi connectivity index (χ4n) is 3.98. The maximum atomic E-state index is 13.1. The highest BCUT2D eigenvalue weighted by molar-refractivity contribution is 7.89. The first-order chi connectivity index (χ1) is 16.8. The summed E-state index contributed by atoms with van der Waals surface area (Å²) in [7, 11) is -0.516. The fraction of sp³-hybridized carbons (Fsp3) is 0.375. The van der Waals surface area contributed by atoms with Gasteiger partial charge >= 0.3 is 0 Å². The predicted molar refractivity (Wildman–Crippen MR) is 135 cm³/mol. The lowest BCUT2D eigenvalue weighted by atomic mass is 10.2. The minimum absolute atomic E-state index is 0.187. The summed E-state index contributed by atoms with van der Waals surface area (Å²) < 4.78 is 40.7. The third kappa shape index (κ3) is 5.27. The number of hydrogen-bond acceptors (Lipinski definition) is 8. The summed E-state index contributed by atoms with van der Waals surface area (Å²) in [4.78, 5) is 13.4. The number of fused-ring (bicyclic) bond motifs is 2. The van der Waals surface area contributed by atoms with Crippen LogP contribution in [-0.2, 0) is 32.5 Å². The van der Waals surface area contributed by atoms with E-state index in [4.69, 9.17) is 15.2 Å². The van der Waals surface area contributed by atoms with E-state index in [2.05, 4.69) is 19.5 Å². The van der Waals surface area contributed by atoms with Crippen molar-refractivity contribution in [3.8, 4) is 0 Å². The Morgan fingerprint density at radius 1 is 1.09 bits per heavy atom. The van der Waals surface area contributed by atoms with Crippen molar-refractivity contribution < 1.29 is 17.9 Å². The largest absolute Gasteiger partial charge is 0.384 e. The van der Waals surface area contributed by atoms with E-state index in [0.717, 1.165) is 22.4 Å². The van der Waals surface area contributed by atoms with Gasteiger partial charge in [-0.05, 0) is 25.1 Å². The Labute approximate surface area is 204 Å². The number of methoxy groups -OCH3 is 1. The quantitative estimate of drug-likeness (QED) is 0.313. The molecule has 0 aliphatic carbocycles. The highest BCUT2D eigenvalue weighted by atomic mass is 32.2. The molecule has 0 amide bonds. The number of hydrogen-bond donors (Lipinski definition) is 1. The molecule has 3 aromatic heterocycles. The van der Waals surface area contributed by atoms with Gasteiger partial charge in [-0.1, -0.05) is 18.2 Å². The zero-order valence-electron chi connectivity index (χ0n) is 20.1. The molecule has 0 bridgehead atoms. The average Bonchev–Trinajstić information content (AvgIpc) is 3.19. The van der Waals surface area contributed by atoms with E-state index in [1.807, 2.05) is 25.1 Å². The van der Waals surface area contributed by atoms with Crippen LogP contribution in [-0.4, -0.2) is 72.8 Å². The van der Waals surface area contributed by atoms with Gasteiger partial charge in [0, 0.05) is 50.9 Å². The van der Waals surface area contributed by atoms with E-state index in [0.29, 0.717) is 43.0 Å². The number of likely N-dealkylation sites (N-methyl/N-ethyl adjacent to an activating group) is 1. The van der Waals surface area contributed by atoms with E-state index in [-0.39, 0.29) is 18.0 Å². The summed E-state index contributed by atoms with van der Waals surface area (Å²) in [6, 6.07) is 10.7. The lowest BCUT2D eigenvalue weighted by molar-refractivity contribution is 0.118. The first-order valence-corrected chi connectivity index (χ1v) is 12.8. The van der Waals surface area contributed by atoms with Crippen molar-refractivity contribution in [1.82, 2.24) is 23.8 Å². The van der Waals surface area contributed by atoms with Crippen molar-refractivity contribution in [2.75, 3.05) is 46.3 Å². The first kappa shape index (κ1) is 25.0. The number of para-hydroxylation sites is 1. The van der Waals surface area contributed by atoms with Crippen LogP contribution in [0.15, 0.2) is 47.5 Å². The number of aromatic nitrogens is 4. The van der Waals surface area contributed by atoms with E-state index < -0.39 is 10.0 Å². The molecular weight excluding hydrogens is 468 g/mol. The van der Waals surface area contributed by atoms with Gasteiger partial charge in [-0.15, -0.1) is 0 Å². The number of aryl methyl sites for hydroxylation is 1. The molecule has 186 valence electrons. The third-order valence-corrected chi connectivity index (χ3v) is 7.68. The molecule has 35 heavy (non-hydrogen) atoms. The molecule has 4 rings (SSSR count). The minimum Gasteiger partial charge on any atom is -0.384 e. The molecule has 0 aliphatic heterocycles. The van der Waals surface area contributed by atoms with Gasteiger partial charge in [-0.25, -0.2) is 18.4 Å². The fourth-order valence-corrected chi connectivity index (χ4v) is 5.29. The van der Waals surface area contributed by atoms with Crippen LogP contribution in [0, 0.1) is 6.92 Å². The average molecular weight is 499 g/mol. The van der Waals surface area contributed by atoms with Crippen LogP contribution in [0.5, 0.6) is 0 Å². The van der Waals surface area contributed by atoms with Gasteiger partial charge in [0.25, 0.3) is 0 Å². The molecule has 0 aliphatic rings. The molecule has 4 aromatic rings. The number of nitrogens with zero attached hydrogens (tertiary/aromatic N) is 5. The zero-order chi connectivity index (χ0) is 25.0. The van der Waals surface area contributed by atoms with Crippen molar-refractivity contribution in [1.29, 1.82) is 0 Å². The number of nitrogens with two attached hydrogens (primary N) is 1. The molecule has 2 N–H and O–H groups in total. The second kappa shape index (κ2) is 10.6. The van der Waals surface area contributed by atoms with Crippen LogP contribution in [0.1, 0.15) is 11.5 Å². The van der Waals surface area contributed by atoms with Gasteiger partial charge in [0.15, 0.2) is 5.82 Å². The maximum absolute atomic E-state index is 13.1. The molecule has 0 saturated carbocycles. The molecular formula is C24H30N6O4S. The molecule has 11 heteroatoms. The number of anilines is 1. The standard InChI is InChI=1S/C24H30N6O4S/c1-17-16-19-23(24(25)27-17)28-21(9-13-33-3)30(19)12-15-34-14-11-29(2)35(31,32)20-8-4-6-18-7-5-10-26-22(18)20/h4-8,10,16H,9,11-15H2,1-3H3,(H2,25,27). The van der Waals surface area contributed by atoms with Gasteiger partial charge in [0.1, 0.15) is 16.2 Å². The Hall–Kier alpha value is -3.12. The second-order valence-electron chi connectivity index (χ2n) is 8.21. The SMILES string of the molecule is COCCc1nc2c(N)nc(C)cc2n1CCOCCN(C)S(=O)(=O)c1cccc2cccnc12. The molecule has 0 spiro atoms. The van der Waals surface area contributed by atoms with Crippen LogP contribution in [0.2, 0.25) is 0 Å². The summed E-state index contributed by atoms with van der Waals surface area (Å²) in [6.45, 7) is 3.81. The van der Waals surface area contributed by atoms with Crippen LogP contribution < -0.4 is 5.73 Å². The topological polar surface area (TPSA) is 125 Å². The van der Waals surface area contributed by atoms with Crippen molar-refractivity contribution >= 4 is 37.8 Å². The van der Waals surface area contributed by atoms with E-state index in [9.17, 15) is 8.42 Å². The van der Waals surface area contributed by atoms with Crippen molar-refractivity contribution in [2.24, 2.45) is 0 Å². The lowest BCUT2D eigenvalue weighted by Crippen LogP contribution is -2.30. The van der Waals surface area contributed by atoms with Gasteiger partial charge in [-0.2, -0.15) is 4.31 Å². The number of nitrogen functional groups attached to an aromatic ring is 1. The summed E-state index contributed by atoms with van der Waals surface area (Å²) in [6.07, 6.45) is 2.22. The summed E-state index contributed by atoms with van der Waals surface area (Å²) in [5, 5.41) is 0.779. The first-order valence-electron chi connectivity index (χ1n) is 11.3. The molecule has 0 fully saturated rings. The minimum atomic E-state index is -3.71. The number of ether oxygens (including phenoxy) is 2. The second-order valence-corrected chi connectivity index (χ2v) is 10.2. The van der Waals surface area contributed by atoms with Crippen LogP contribution in [0.4, 0.5) is 5.82 Å². The third-order valence-electron chi connectivity index (χ3n) is 5.79. The van der Waals surface area contributed by atoms with Crippen molar-refractivity contribution in [3.63, 3.8) is 0 Å². The monoisotopic (exact) mass is 498 g/mol. The normalized spacial score (nSPS) is 12.2. The lowest BCUT2D eigenvalue weighted by Gasteiger charge is -2.18. The Kier molecular flexibility index (Phi) is 7.60. The Bertz CT molecular complexity index is 1430. The Morgan fingerprint density at radius 3 is 2.69 bits per heavy atom. The molecule has 0 radical (unpaired) electrons. The summed E-state index contributed by atoms with van der Waals surface area (Å²) in [5.41, 5.74) is 8.91. The van der Waals surface area contributed by atoms with Crippen LogP contribution >= 0.6 is 0 Å². The molecule has 0 atom stereocenters. The van der Waals surface area contributed by atoms with Gasteiger partial charge in [-0.3, -0.25) is 4.98 Å². The number of sulfonamides is 1. The van der Waals surface area contributed by atoms with Crippen molar-refractivity contribution in [2.45, 2.75) is 24.8 Å². The zero-order valence-corrected chi connectivity index (χ0v) is 21.0. The number of imidazole rings is 1. The molecule has 0 saturated heterocycles. The van der Waals surface area contributed by atoms with Crippen molar-refractivity contribution in [3.05, 3.63) is 54.1 Å². The highest BCUT2D eigenvalue weighted by Gasteiger charge is 2.23. The number of rotatable bonds is 11. The number of pyridine rings is 2. The predicted octanol–water partition coefficient (Wildman–Crippen LogP) is 2.40. The Morgan fingerprint density at radius 2 is 1.89 bits per heavy atom. The van der Waals surface area contributed by atoms with Gasteiger partial charge in [0.05, 0.1) is 30.9 Å². The highest BCUT2D eigenvalue weighted by Crippen LogP contribution is 2.24. The summed E-state index contributed by atoms with van der Waals surface area (Å²) in [5.74, 6) is 1.24. The smallest absolute Gasteiger partial charge is 0.245 e. The Balaban J connectivity index is 1.40. The van der Waals surface area contributed by atoms with E-state index in [1.165, 1.54) is 4.31 Å². The van der Waals surface area contributed by atoms with E-state index >= 15 is 0 Å². The molecule has 0 unspecified atom stereocenters. The molecule has 1 aromatic carbocycles. The van der Waals surface area contributed by atoms with Crippen LogP contribution in [0.25, 0.3) is 21.9 Å². The molecule has 10 nitrogen and oxygen atoms in total. The van der Waals surface area contributed by atoms with Crippen LogP contribution in [0.3, 0.4) is 0 Å². The van der Waals surface area contributed by atoms with Gasteiger partial charge < -0.3 is 19.8 Å². The number of benzene rings is 1. The van der Waals surface area contributed by atoms with E-state index in [1.54, 1.807) is 38.6 Å². The summed E-state index contributed by atoms with van der Waals surface area (Å²) >= 11 is 0. The maximum Gasteiger partial charge on any atom is 0.245 e. The molecule has 3 heterocycles. The van der Waals surface area contributed by atoms with Gasteiger partial charge in [0.2, 0.25) is 10.0 Å².